The molecule has 0 N–H and O–H groups in total. The van der Waals surface area contributed by atoms with Gasteiger partial charge in [-0.2, -0.15) is 0 Å². The van der Waals surface area contributed by atoms with Gasteiger partial charge < -0.3 is 24.3 Å². The minimum absolute atomic E-state index is 0. The number of rotatable bonds is 1. The van der Waals surface area contributed by atoms with Crippen LogP contribution in [0.3, 0.4) is 0 Å². The van der Waals surface area contributed by atoms with Gasteiger partial charge in [0.05, 0.1) is 0 Å². The molecule has 1 heteroatoms. The van der Waals surface area contributed by atoms with Gasteiger partial charge in [0.25, 0.3) is 0 Å². The molecular weight excluding hydrogens is 217 g/mol. The summed E-state index contributed by atoms with van der Waals surface area (Å²) in [6.45, 7) is 3.71. The van der Waals surface area contributed by atoms with Crippen LogP contribution in [0.25, 0.3) is 0 Å². The van der Waals surface area contributed by atoms with Gasteiger partial charge >= 0.3 is 0 Å². The first kappa shape index (κ1) is 10.7. The Balaban J connectivity index is 0. The van der Waals surface area contributed by atoms with Crippen molar-refractivity contribution in [3.63, 3.8) is 0 Å². The third kappa shape index (κ3) is 10.9. The predicted octanol–water partition coefficient (Wildman–Crippen LogP) is 1.74. The Morgan fingerprint density at radius 3 is 1.43 bits per heavy atom. The first-order valence-corrected chi connectivity index (χ1v) is 1.91. The van der Waals surface area contributed by atoms with Crippen LogP contribution in [0.15, 0.2) is 12.2 Å². The topological polar surface area (TPSA) is 0 Å². The molecule has 39 valence electrons. The largest absolute Gasteiger partial charge is 0.391 e. The molecule has 0 fully saturated rings. The maximum absolute atomic E-state index is 2.83. The second kappa shape index (κ2) is 9.94. The summed E-state index contributed by atoms with van der Waals surface area (Å²) in [6, 6.07) is 0. The Kier molecular flexibility index (Phi) is 15.2. The Hall–Kier alpha value is 0.818. The van der Waals surface area contributed by atoms with E-state index in [1.54, 1.807) is 0 Å². The summed E-state index contributed by atoms with van der Waals surface area (Å²) in [4.78, 5) is 0. The van der Waals surface area contributed by atoms with Crippen LogP contribution < -0.4 is 0 Å². The van der Waals surface area contributed by atoms with Crippen molar-refractivity contribution in [3.05, 3.63) is 24.3 Å². The maximum Gasteiger partial charge on any atom is 0 e. The molecule has 0 unspecified atom stereocenters. The number of hydrogen-bond donors (Lipinski definition) is 0. The average Bonchev–Trinajstić information content (AvgIpc) is 1.61. The van der Waals surface area contributed by atoms with Crippen molar-refractivity contribution in [2.24, 2.45) is 0 Å². The van der Waals surface area contributed by atoms with Gasteiger partial charge in [0.2, 0.25) is 0 Å². The van der Waals surface area contributed by atoms with Crippen LogP contribution >= 0.6 is 0 Å². The van der Waals surface area contributed by atoms with E-state index in [4.69, 9.17) is 0 Å². The minimum Gasteiger partial charge on any atom is -0.391 e. The van der Waals surface area contributed by atoms with Crippen molar-refractivity contribution in [1.29, 1.82) is 0 Å². The van der Waals surface area contributed by atoms with Gasteiger partial charge in [0.1, 0.15) is 0 Å². The molecule has 0 aliphatic heterocycles. The normalized spacial score (nSPS) is 10.0. The van der Waals surface area contributed by atoms with E-state index in [-0.39, 0.29) is 40.4 Å². The number of allylic oxidation sites excluding steroid dienone is 4. The first-order valence-electron chi connectivity index (χ1n) is 1.91. The molecular formula is C6H8Pm-2. The Labute approximate surface area is 77.8 Å². The molecule has 0 heterocycles. The van der Waals surface area contributed by atoms with E-state index in [0.29, 0.717) is 0 Å². The molecule has 0 amide bonds. The van der Waals surface area contributed by atoms with Gasteiger partial charge in [-0.25, -0.2) is 0 Å². The SMILES string of the molecule is C[C-]=CC=[C-]C.[Pm]. The summed E-state index contributed by atoms with van der Waals surface area (Å²) in [5.41, 5.74) is 0. The average molecular weight is 225 g/mol. The second-order valence-electron chi connectivity index (χ2n) is 0.911. The summed E-state index contributed by atoms with van der Waals surface area (Å²) < 4.78 is 0. The Bertz CT molecular complexity index is 52.6. The van der Waals surface area contributed by atoms with E-state index >= 15 is 0 Å². The zero-order valence-electron chi connectivity index (χ0n) is 4.60. The fourth-order valence-electron chi connectivity index (χ4n) is 0.167. The summed E-state index contributed by atoms with van der Waals surface area (Å²) in [5.74, 6) is 0. The van der Waals surface area contributed by atoms with E-state index in [0.717, 1.165) is 0 Å². The zero-order chi connectivity index (χ0) is 4.83. The van der Waals surface area contributed by atoms with Gasteiger partial charge in [-0.3, -0.25) is 0 Å². The summed E-state index contributed by atoms with van der Waals surface area (Å²) in [6.07, 6.45) is 9.29. The second-order valence-corrected chi connectivity index (χ2v) is 0.911. The van der Waals surface area contributed by atoms with Crippen LogP contribution in [0.5, 0.6) is 0 Å². The van der Waals surface area contributed by atoms with Crippen LogP contribution in [0.4, 0.5) is 0 Å². The fourth-order valence-corrected chi connectivity index (χ4v) is 0.167. The standard InChI is InChI=1S/C6H8.Pm/c1-3-5-6-4-2;/h5-6H,1-2H3;/q-2;. The van der Waals surface area contributed by atoms with Gasteiger partial charge in [0, 0.05) is 40.4 Å². The van der Waals surface area contributed by atoms with Crippen molar-refractivity contribution < 1.29 is 40.4 Å². The minimum atomic E-state index is 0. The van der Waals surface area contributed by atoms with Crippen molar-refractivity contribution in [3.8, 4) is 0 Å². The molecule has 0 saturated heterocycles. The Morgan fingerprint density at radius 2 is 1.29 bits per heavy atom. The third-order valence-corrected chi connectivity index (χ3v) is 0.417. The van der Waals surface area contributed by atoms with Crippen LogP contribution in [0, 0.1) is 52.5 Å². The van der Waals surface area contributed by atoms with E-state index in [9.17, 15) is 0 Å². The molecule has 0 aromatic carbocycles. The molecule has 7 heavy (non-hydrogen) atoms. The molecule has 0 nitrogen and oxygen atoms in total. The van der Waals surface area contributed by atoms with E-state index in [1.165, 1.54) is 0 Å². The molecule has 0 aromatic rings. The summed E-state index contributed by atoms with van der Waals surface area (Å²) in [5, 5.41) is 0. The maximum atomic E-state index is 2.83. The molecule has 0 rings (SSSR count). The van der Waals surface area contributed by atoms with Gasteiger partial charge in [-0.1, -0.05) is 0 Å². The summed E-state index contributed by atoms with van der Waals surface area (Å²) in [7, 11) is 0. The quantitative estimate of drug-likeness (QED) is 0.471. The fraction of sp³-hybridized carbons (Fsp3) is 0.333. The molecule has 0 bridgehead atoms. The predicted molar refractivity (Wildman–Crippen MR) is 27.0 cm³/mol. The van der Waals surface area contributed by atoms with E-state index < -0.39 is 0 Å². The number of hydrogen-bond acceptors (Lipinski definition) is 0. The van der Waals surface area contributed by atoms with Gasteiger partial charge in [0.15, 0.2) is 0 Å². The van der Waals surface area contributed by atoms with Crippen molar-refractivity contribution >= 4 is 0 Å². The van der Waals surface area contributed by atoms with Crippen molar-refractivity contribution in [1.82, 2.24) is 0 Å². The molecule has 0 saturated carbocycles. The van der Waals surface area contributed by atoms with E-state index in [2.05, 4.69) is 12.2 Å². The molecule has 0 aliphatic rings. The van der Waals surface area contributed by atoms with Crippen LogP contribution in [-0.4, -0.2) is 0 Å². The van der Waals surface area contributed by atoms with Gasteiger partial charge in [-0.15, -0.1) is 13.8 Å². The summed E-state index contributed by atoms with van der Waals surface area (Å²) >= 11 is 0. The molecule has 0 spiro atoms. The van der Waals surface area contributed by atoms with Crippen LogP contribution in [0.1, 0.15) is 13.8 Å². The van der Waals surface area contributed by atoms with E-state index in [1.807, 2.05) is 26.0 Å². The van der Waals surface area contributed by atoms with Crippen LogP contribution in [-0.2, 0) is 0 Å². The van der Waals surface area contributed by atoms with Crippen LogP contribution in [0.2, 0.25) is 0 Å². The molecule has 1 radical (unpaired) electrons. The molecule has 0 aliphatic carbocycles. The first-order chi connectivity index (χ1) is 2.91. The molecule has 0 atom stereocenters. The van der Waals surface area contributed by atoms with Crippen molar-refractivity contribution in [2.45, 2.75) is 13.8 Å². The smallest absolute Gasteiger partial charge is 0 e. The monoisotopic (exact) mass is 225 g/mol. The zero-order valence-corrected chi connectivity index (χ0v) is 7.47. The third-order valence-electron chi connectivity index (χ3n) is 0.417. The molecule has 0 aromatic heterocycles. The Morgan fingerprint density at radius 1 is 1.00 bits per heavy atom. The van der Waals surface area contributed by atoms with Crippen molar-refractivity contribution in [2.75, 3.05) is 0 Å². The van der Waals surface area contributed by atoms with Gasteiger partial charge in [-0.05, 0) is 0 Å².